The van der Waals surface area contributed by atoms with Gasteiger partial charge in [-0.1, -0.05) is 52.4 Å². The third-order valence-corrected chi connectivity index (χ3v) is 2.98. The van der Waals surface area contributed by atoms with Crippen LogP contribution >= 0.6 is 34.2 Å². The van der Waals surface area contributed by atoms with Gasteiger partial charge in [0.25, 0.3) is 0 Å². The van der Waals surface area contributed by atoms with Crippen LogP contribution in [0.5, 0.6) is 0 Å². The Morgan fingerprint density at radius 2 is 2.05 bits per heavy atom. The molecule has 6 heteroatoms. The van der Waals surface area contributed by atoms with Crippen LogP contribution in [-0.2, 0) is 14.3 Å². The molecule has 0 saturated carbocycles. The van der Waals surface area contributed by atoms with Crippen molar-refractivity contribution in [2.45, 2.75) is 0 Å². The molecule has 19 heavy (non-hydrogen) atoms. The molecule has 0 fully saturated rings. The lowest BCUT2D eigenvalue weighted by Crippen LogP contribution is -2.18. The molecular formula is C13H12ClIO4. The summed E-state index contributed by atoms with van der Waals surface area (Å²) in [4.78, 5) is 22.9. The van der Waals surface area contributed by atoms with Crippen LogP contribution in [0.2, 0.25) is 5.02 Å². The van der Waals surface area contributed by atoms with Crippen LogP contribution in [-0.4, -0.2) is 34.5 Å². The second-order valence-electron chi connectivity index (χ2n) is 3.55. The number of carbonyl (C=O) groups excluding carboxylic acids is 1. The van der Waals surface area contributed by atoms with E-state index in [1.807, 2.05) is 0 Å². The molecule has 0 atom stereocenters. The molecule has 1 aromatic rings. The summed E-state index contributed by atoms with van der Waals surface area (Å²) in [6.07, 6.45) is 1.26. The number of alkyl halides is 1. The van der Waals surface area contributed by atoms with Crippen LogP contribution in [0.3, 0.4) is 0 Å². The number of ketones is 1. The monoisotopic (exact) mass is 394 g/mol. The average molecular weight is 395 g/mol. The maximum atomic E-state index is 11.8. The smallest absolute Gasteiger partial charge is 0.339 e. The van der Waals surface area contributed by atoms with Crippen molar-refractivity contribution in [3.05, 3.63) is 40.4 Å². The number of Topliss-reactive ketones (excluding diaryl/α,β-unsaturated/α-hetero) is 1. The quantitative estimate of drug-likeness (QED) is 0.193. The van der Waals surface area contributed by atoms with Gasteiger partial charge in [-0.3, -0.25) is 4.79 Å². The molecule has 0 aliphatic rings. The van der Waals surface area contributed by atoms with E-state index in [9.17, 15) is 9.59 Å². The van der Waals surface area contributed by atoms with Gasteiger partial charge in [0, 0.05) is 9.45 Å². The highest BCUT2D eigenvalue weighted by molar-refractivity contribution is 14.1. The minimum atomic E-state index is -1.29. The number of rotatable bonds is 7. The molecule has 1 aromatic carbocycles. The first-order valence-electron chi connectivity index (χ1n) is 5.42. The molecule has 0 heterocycles. The fraction of sp³-hybridized carbons (Fsp3) is 0.231. The van der Waals surface area contributed by atoms with E-state index >= 15 is 0 Å². The van der Waals surface area contributed by atoms with Crippen molar-refractivity contribution in [1.82, 2.24) is 0 Å². The van der Waals surface area contributed by atoms with E-state index < -0.39 is 11.8 Å². The number of carboxylic acid groups (broad SMARTS) is 1. The van der Waals surface area contributed by atoms with Crippen LogP contribution in [0.15, 0.2) is 29.8 Å². The molecule has 0 unspecified atom stereocenters. The molecular weight excluding hydrogens is 382 g/mol. The Morgan fingerprint density at radius 3 is 2.63 bits per heavy atom. The van der Waals surface area contributed by atoms with Gasteiger partial charge < -0.3 is 9.84 Å². The fourth-order valence-corrected chi connectivity index (χ4v) is 1.81. The van der Waals surface area contributed by atoms with E-state index in [2.05, 4.69) is 22.6 Å². The lowest BCUT2D eigenvalue weighted by atomic mass is 10.1. The van der Waals surface area contributed by atoms with Gasteiger partial charge in [0.15, 0.2) is 5.78 Å². The van der Waals surface area contributed by atoms with E-state index in [0.717, 1.165) is 4.43 Å². The Balaban J connectivity index is 2.92. The first-order valence-corrected chi connectivity index (χ1v) is 7.33. The Hall–Kier alpha value is -0.920. The summed E-state index contributed by atoms with van der Waals surface area (Å²) in [6, 6.07) is 6.72. The van der Waals surface area contributed by atoms with Gasteiger partial charge >= 0.3 is 5.97 Å². The summed E-state index contributed by atoms with van der Waals surface area (Å²) in [5.41, 5.74) is 0.158. The molecule has 4 nitrogen and oxygen atoms in total. The van der Waals surface area contributed by atoms with Gasteiger partial charge in [-0.25, -0.2) is 4.79 Å². The molecule has 1 rings (SSSR count). The van der Waals surface area contributed by atoms with Crippen molar-refractivity contribution < 1.29 is 19.4 Å². The summed E-state index contributed by atoms with van der Waals surface area (Å²) in [5, 5.41) is 9.45. The Morgan fingerprint density at radius 1 is 1.37 bits per heavy atom. The molecule has 0 aliphatic carbocycles. The maximum absolute atomic E-state index is 11.8. The highest BCUT2D eigenvalue weighted by Gasteiger charge is 2.17. The van der Waals surface area contributed by atoms with Gasteiger partial charge in [0.05, 0.1) is 6.61 Å². The van der Waals surface area contributed by atoms with Crippen molar-refractivity contribution >= 4 is 52.0 Å². The predicted molar refractivity (Wildman–Crippen MR) is 81.8 cm³/mol. The summed E-state index contributed by atoms with van der Waals surface area (Å²) >= 11 is 8.03. The zero-order chi connectivity index (χ0) is 14.3. The van der Waals surface area contributed by atoms with E-state index in [1.54, 1.807) is 24.3 Å². The number of carbonyl (C=O) groups is 2. The topological polar surface area (TPSA) is 63.6 Å². The molecule has 0 radical (unpaired) electrons. The van der Waals surface area contributed by atoms with Crippen LogP contribution < -0.4 is 0 Å². The van der Waals surface area contributed by atoms with Crippen molar-refractivity contribution in [3.63, 3.8) is 0 Å². The van der Waals surface area contributed by atoms with Gasteiger partial charge in [-0.2, -0.15) is 0 Å². The molecule has 0 saturated heterocycles. The SMILES string of the molecule is O=C(O)C(=Cc1ccccc1Cl)C(=O)COCCI. The zero-order valence-corrected chi connectivity index (χ0v) is 12.8. The van der Waals surface area contributed by atoms with E-state index in [-0.39, 0.29) is 12.2 Å². The Kier molecular flexibility index (Phi) is 7.04. The Labute approximate surface area is 129 Å². The highest BCUT2D eigenvalue weighted by Crippen LogP contribution is 2.18. The molecule has 0 bridgehead atoms. The third kappa shape index (κ3) is 5.30. The van der Waals surface area contributed by atoms with Gasteiger partial charge in [0.2, 0.25) is 0 Å². The van der Waals surface area contributed by atoms with Crippen molar-refractivity contribution in [1.29, 1.82) is 0 Å². The van der Waals surface area contributed by atoms with Gasteiger partial charge in [-0.15, -0.1) is 0 Å². The molecule has 0 spiro atoms. The molecule has 0 aliphatic heterocycles. The number of hydrogen-bond donors (Lipinski definition) is 1. The van der Waals surface area contributed by atoms with Crippen LogP contribution in [0.25, 0.3) is 6.08 Å². The lowest BCUT2D eigenvalue weighted by Gasteiger charge is -2.04. The predicted octanol–water partition coefficient (Wildman–Crippen LogP) is 2.83. The summed E-state index contributed by atoms with van der Waals surface area (Å²) < 4.78 is 5.79. The largest absolute Gasteiger partial charge is 0.478 e. The van der Waals surface area contributed by atoms with Crippen LogP contribution in [0.1, 0.15) is 5.56 Å². The second kappa shape index (κ2) is 8.29. The number of hydrogen-bond acceptors (Lipinski definition) is 3. The van der Waals surface area contributed by atoms with Gasteiger partial charge in [-0.05, 0) is 17.7 Å². The molecule has 0 amide bonds. The molecule has 1 N–H and O–H groups in total. The number of benzene rings is 1. The third-order valence-electron chi connectivity index (χ3n) is 2.19. The van der Waals surface area contributed by atoms with E-state index in [0.29, 0.717) is 17.2 Å². The molecule has 102 valence electrons. The summed E-state index contributed by atoms with van der Waals surface area (Å²) in [7, 11) is 0. The number of halogens is 2. The summed E-state index contributed by atoms with van der Waals surface area (Å²) in [6.45, 7) is 0.164. The van der Waals surface area contributed by atoms with Gasteiger partial charge in [0.1, 0.15) is 12.2 Å². The summed E-state index contributed by atoms with van der Waals surface area (Å²) in [5.74, 6) is -1.86. The highest BCUT2D eigenvalue weighted by atomic mass is 127. The number of carboxylic acids is 1. The van der Waals surface area contributed by atoms with Crippen molar-refractivity contribution in [3.8, 4) is 0 Å². The van der Waals surface area contributed by atoms with Crippen molar-refractivity contribution in [2.75, 3.05) is 17.6 Å². The van der Waals surface area contributed by atoms with Crippen molar-refractivity contribution in [2.24, 2.45) is 0 Å². The maximum Gasteiger partial charge on any atom is 0.339 e. The zero-order valence-electron chi connectivity index (χ0n) is 9.94. The van der Waals surface area contributed by atoms with Crippen LogP contribution in [0.4, 0.5) is 0 Å². The second-order valence-corrected chi connectivity index (χ2v) is 5.04. The Bertz CT molecular complexity index is 499. The standard InChI is InChI=1S/C13H12ClIO4/c14-11-4-2-1-3-9(11)7-10(13(17)18)12(16)8-19-6-5-15/h1-4,7H,5-6,8H2,(H,17,18). The first kappa shape index (κ1) is 16.1. The van der Waals surface area contributed by atoms with E-state index in [1.165, 1.54) is 6.08 Å². The molecule has 0 aromatic heterocycles. The normalized spacial score (nSPS) is 11.4. The minimum Gasteiger partial charge on any atom is -0.478 e. The number of ether oxygens (including phenoxy) is 1. The van der Waals surface area contributed by atoms with E-state index in [4.69, 9.17) is 21.4 Å². The van der Waals surface area contributed by atoms with Crippen LogP contribution in [0, 0.1) is 0 Å². The average Bonchev–Trinajstić information content (AvgIpc) is 2.37. The lowest BCUT2D eigenvalue weighted by molar-refractivity contribution is -0.135. The minimum absolute atomic E-state index is 0.244. The first-order chi connectivity index (χ1) is 9.06. The number of aliphatic carboxylic acids is 1. The fourth-order valence-electron chi connectivity index (χ4n) is 1.31.